The average molecular weight is 369 g/mol. The van der Waals surface area contributed by atoms with E-state index in [1.165, 1.54) is 0 Å². The second kappa shape index (κ2) is 8.57. The summed E-state index contributed by atoms with van der Waals surface area (Å²) in [6.07, 6.45) is 7.15. The molecule has 0 fully saturated rings. The number of imidazole rings is 1. The number of nitrogens with zero attached hydrogens (tertiary/aromatic N) is 5. The summed E-state index contributed by atoms with van der Waals surface area (Å²) in [6, 6.07) is 4.01. The van der Waals surface area contributed by atoms with Crippen LogP contribution < -0.4 is 10.6 Å². The molecule has 0 radical (unpaired) electrons. The first-order chi connectivity index (χ1) is 12.7. The van der Waals surface area contributed by atoms with Crippen molar-refractivity contribution >= 4 is 17.3 Å². The molecule has 0 aliphatic carbocycles. The number of hydrogen-bond acceptors (Lipinski definition) is 5. The molecule has 0 aliphatic heterocycles. The SMILES string of the molecule is CN=C(NCc1ccnc(-n2ccnc2)c1)NCc1nc(C(C)C)cs1. The van der Waals surface area contributed by atoms with Crippen LogP contribution in [-0.2, 0) is 13.1 Å². The van der Waals surface area contributed by atoms with Crippen molar-refractivity contribution in [1.82, 2.24) is 30.2 Å². The van der Waals surface area contributed by atoms with Crippen LogP contribution in [-0.4, -0.2) is 32.5 Å². The summed E-state index contributed by atoms with van der Waals surface area (Å²) < 4.78 is 1.88. The molecule has 0 saturated carbocycles. The number of thiazole rings is 1. The van der Waals surface area contributed by atoms with Crippen LogP contribution in [0.2, 0.25) is 0 Å². The van der Waals surface area contributed by atoms with Crippen LogP contribution in [0, 0.1) is 0 Å². The van der Waals surface area contributed by atoms with Crippen molar-refractivity contribution in [3.63, 3.8) is 0 Å². The van der Waals surface area contributed by atoms with Crippen molar-refractivity contribution < 1.29 is 0 Å². The van der Waals surface area contributed by atoms with Crippen molar-refractivity contribution in [2.75, 3.05) is 7.05 Å². The van der Waals surface area contributed by atoms with Gasteiger partial charge in [-0.05, 0) is 23.6 Å². The van der Waals surface area contributed by atoms with Crippen molar-refractivity contribution in [3.8, 4) is 5.82 Å². The van der Waals surface area contributed by atoms with Gasteiger partial charge in [0.05, 0.1) is 12.2 Å². The topological polar surface area (TPSA) is 80.0 Å². The van der Waals surface area contributed by atoms with E-state index >= 15 is 0 Å². The highest BCUT2D eigenvalue weighted by atomic mass is 32.1. The van der Waals surface area contributed by atoms with Crippen LogP contribution in [0.25, 0.3) is 5.82 Å². The molecule has 0 spiro atoms. The molecule has 0 aliphatic rings. The lowest BCUT2D eigenvalue weighted by Gasteiger charge is -2.11. The van der Waals surface area contributed by atoms with Crippen LogP contribution in [0.15, 0.2) is 47.4 Å². The Morgan fingerprint density at radius 1 is 1.27 bits per heavy atom. The zero-order chi connectivity index (χ0) is 18.4. The lowest BCUT2D eigenvalue weighted by atomic mass is 10.2. The third-order valence-corrected chi connectivity index (χ3v) is 4.70. The monoisotopic (exact) mass is 369 g/mol. The Labute approximate surface area is 157 Å². The lowest BCUT2D eigenvalue weighted by molar-refractivity contribution is 0.784. The first-order valence-corrected chi connectivity index (χ1v) is 9.35. The van der Waals surface area contributed by atoms with Gasteiger partial charge in [0.25, 0.3) is 0 Å². The highest BCUT2D eigenvalue weighted by molar-refractivity contribution is 7.09. The van der Waals surface area contributed by atoms with Crippen LogP contribution in [0.4, 0.5) is 0 Å². The minimum absolute atomic E-state index is 0.453. The quantitative estimate of drug-likeness (QED) is 0.516. The van der Waals surface area contributed by atoms with Gasteiger partial charge >= 0.3 is 0 Å². The Hall–Kier alpha value is -2.74. The molecule has 0 saturated heterocycles. The Bertz CT molecular complexity index is 852. The molecular formula is C18H23N7S. The maximum absolute atomic E-state index is 4.63. The van der Waals surface area contributed by atoms with Gasteiger partial charge in [0, 0.05) is 37.6 Å². The third-order valence-electron chi connectivity index (χ3n) is 3.83. The minimum Gasteiger partial charge on any atom is -0.352 e. The van der Waals surface area contributed by atoms with Crippen LogP contribution in [0.5, 0.6) is 0 Å². The van der Waals surface area contributed by atoms with Gasteiger partial charge in [-0.15, -0.1) is 11.3 Å². The van der Waals surface area contributed by atoms with E-state index < -0.39 is 0 Å². The summed E-state index contributed by atoms with van der Waals surface area (Å²) in [5.74, 6) is 2.04. The van der Waals surface area contributed by atoms with E-state index in [4.69, 9.17) is 0 Å². The first-order valence-electron chi connectivity index (χ1n) is 8.48. The molecule has 7 nitrogen and oxygen atoms in total. The predicted octanol–water partition coefficient (Wildman–Crippen LogP) is 2.71. The molecule has 0 unspecified atom stereocenters. The minimum atomic E-state index is 0.453. The molecule has 0 atom stereocenters. The second-order valence-electron chi connectivity index (χ2n) is 6.09. The predicted molar refractivity (Wildman–Crippen MR) is 105 cm³/mol. The van der Waals surface area contributed by atoms with E-state index in [1.807, 2.05) is 22.9 Å². The smallest absolute Gasteiger partial charge is 0.191 e. The first kappa shape index (κ1) is 18.1. The van der Waals surface area contributed by atoms with E-state index in [2.05, 4.69) is 49.8 Å². The van der Waals surface area contributed by atoms with Gasteiger partial charge in [-0.1, -0.05) is 13.8 Å². The lowest BCUT2D eigenvalue weighted by Crippen LogP contribution is -2.36. The molecule has 3 heterocycles. The van der Waals surface area contributed by atoms with Gasteiger partial charge in [0.15, 0.2) is 5.96 Å². The van der Waals surface area contributed by atoms with E-state index in [-0.39, 0.29) is 0 Å². The van der Waals surface area contributed by atoms with Crippen LogP contribution in [0.1, 0.15) is 36.0 Å². The van der Waals surface area contributed by atoms with Gasteiger partial charge in [-0.3, -0.25) is 9.56 Å². The Balaban J connectivity index is 1.55. The van der Waals surface area contributed by atoms with Crippen molar-refractivity contribution in [1.29, 1.82) is 0 Å². The molecule has 0 bridgehead atoms. The fraction of sp³-hybridized carbons (Fsp3) is 0.333. The normalized spacial score (nSPS) is 11.8. The number of rotatable bonds is 6. The Morgan fingerprint density at radius 2 is 2.12 bits per heavy atom. The van der Waals surface area contributed by atoms with Gasteiger partial charge in [-0.2, -0.15) is 0 Å². The standard InChI is InChI=1S/C18H23N7S/c1-13(2)15-11-26-17(24-15)10-23-18(19-3)22-9-14-4-5-21-16(8-14)25-7-6-20-12-25/h4-8,11-13H,9-10H2,1-3H3,(H2,19,22,23). The van der Waals surface area contributed by atoms with Crippen molar-refractivity contribution in [3.05, 3.63) is 58.7 Å². The summed E-state index contributed by atoms with van der Waals surface area (Å²) in [6.45, 7) is 5.62. The van der Waals surface area contributed by atoms with E-state index in [1.54, 1.807) is 37.1 Å². The molecule has 8 heteroatoms. The number of aromatic nitrogens is 4. The molecule has 136 valence electrons. The molecule has 0 amide bonds. The molecule has 3 aromatic rings. The second-order valence-corrected chi connectivity index (χ2v) is 7.04. The van der Waals surface area contributed by atoms with E-state index in [9.17, 15) is 0 Å². The largest absolute Gasteiger partial charge is 0.352 e. The number of guanidine groups is 1. The Kier molecular flexibility index (Phi) is 5.96. The number of hydrogen-bond donors (Lipinski definition) is 2. The molecular weight excluding hydrogens is 346 g/mol. The molecule has 3 aromatic heterocycles. The molecule has 3 rings (SSSR count). The van der Waals surface area contributed by atoms with E-state index in [0.29, 0.717) is 19.0 Å². The number of pyridine rings is 1. The molecule has 0 aromatic carbocycles. The molecule has 2 N–H and O–H groups in total. The molecule has 26 heavy (non-hydrogen) atoms. The summed E-state index contributed by atoms with van der Waals surface area (Å²) in [5, 5.41) is 9.80. The average Bonchev–Trinajstić information content (AvgIpc) is 3.34. The van der Waals surface area contributed by atoms with E-state index in [0.717, 1.165) is 28.0 Å². The summed E-state index contributed by atoms with van der Waals surface area (Å²) in [5.41, 5.74) is 2.25. The third kappa shape index (κ3) is 4.66. The number of nitrogens with one attached hydrogen (secondary N) is 2. The zero-order valence-electron chi connectivity index (χ0n) is 15.2. The summed E-state index contributed by atoms with van der Waals surface area (Å²) in [4.78, 5) is 17.3. The summed E-state index contributed by atoms with van der Waals surface area (Å²) >= 11 is 1.67. The highest BCUT2D eigenvalue weighted by Gasteiger charge is 2.07. The van der Waals surface area contributed by atoms with Crippen molar-refractivity contribution in [2.45, 2.75) is 32.9 Å². The van der Waals surface area contributed by atoms with Crippen LogP contribution >= 0.6 is 11.3 Å². The fourth-order valence-electron chi connectivity index (χ4n) is 2.34. The van der Waals surface area contributed by atoms with Gasteiger partial charge in [0.2, 0.25) is 0 Å². The highest BCUT2D eigenvalue weighted by Crippen LogP contribution is 2.17. The fourth-order valence-corrected chi connectivity index (χ4v) is 3.24. The maximum Gasteiger partial charge on any atom is 0.191 e. The Morgan fingerprint density at radius 3 is 2.81 bits per heavy atom. The van der Waals surface area contributed by atoms with Gasteiger partial charge < -0.3 is 10.6 Å². The van der Waals surface area contributed by atoms with Gasteiger partial charge in [-0.25, -0.2) is 15.0 Å². The van der Waals surface area contributed by atoms with Crippen molar-refractivity contribution in [2.24, 2.45) is 4.99 Å². The van der Waals surface area contributed by atoms with Crippen LogP contribution in [0.3, 0.4) is 0 Å². The number of aliphatic imine (C=N–C) groups is 1. The summed E-state index contributed by atoms with van der Waals surface area (Å²) in [7, 11) is 1.76. The maximum atomic E-state index is 4.63. The van der Waals surface area contributed by atoms with Gasteiger partial charge in [0.1, 0.15) is 17.2 Å². The zero-order valence-corrected chi connectivity index (χ0v) is 16.0.